The molecule has 0 aliphatic carbocycles. The molecule has 3 heterocycles. The van der Waals surface area contributed by atoms with E-state index in [1.807, 2.05) is 30.5 Å². The summed E-state index contributed by atoms with van der Waals surface area (Å²) in [7, 11) is 0. The van der Waals surface area contributed by atoms with E-state index in [1.165, 1.54) is 17.4 Å². The fourth-order valence-corrected chi connectivity index (χ4v) is 3.84. The molecule has 0 bridgehead atoms. The van der Waals surface area contributed by atoms with Gasteiger partial charge in [0.2, 0.25) is 5.95 Å². The summed E-state index contributed by atoms with van der Waals surface area (Å²) in [6.45, 7) is 5.97. The Hall–Kier alpha value is -3.59. The topological polar surface area (TPSA) is 78.5 Å². The number of fused-ring (bicyclic) bond motifs is 1. The molecule has 0 spiro atoms. The minimum absolute atomic E-state index is 0.265. The van der Waals surface area contributed by atoms with Crippen LogP contribution in [0.5, 0.6) is 0 Å². The van der Waals surface area contributed by atoms with Gasteiger partial charge in [0.25, 0.3) is 0 Å². The molecule has 4 aromatic rings. The zero-order valence-corrected chi connectivity index (χ0v) is 17.6. The monoisotopic (exact) mass is 438 g/mol. The first-order valence-corrected chi connectivity index (χ1v) is 10.4. The molecule has 3 N–H and O–H groups in total. The van der Waals surface area contributed by atoms with E-state index < -0.39 is 11.6 Å². The van der Waals surface area contributed by atoms with Crippen molar-refractivity contribution >= 4 is 39.4 Å². The normalized spacial score (nSPS) is 11.6. The van der Waals surface area contributed by atoms with Gasteiger partial charge in [-0.25, -0.2) is 13.8 Å². The Bertz CT molecular complexity index is 1260. The second-order valence-electron chi connectivity index (χ2n) is 6.88. The molecule has 9 heteroatoms. The van der Waals surface area contributed by atoms with E-state index in [-0.39, 0.29) is 6.54 Å². The molecule has 6 nitrogen and oxygen atoms in total. The summed E-state index contributed by atoms with van der Waals surface area (Å²) in [4.78, 5) is 9.09. The largest absolute Gasteiger partial charge is 0.350 e. The van der Waals surface area contributed by atoms with Crippen molar-refractivity contribution in [2.24, 2.45) is 0 Å². The summed E-state index contributed by atoms with van der Waals surface area (Å²) in [5.74, 6) is -0.703. The maximum absolute atomic E-state index is 13.5. The van der Waals surface area contributed by atoms with Gasteiger partial charge in [0.05, 0.1) is 16.4 Å². The number of anilines is 2. The van der Waals surface area contributed by atoms with Crippen molar-refractivity contribution in [3.63, 3.8) is 0 Å². The predicted molar refractivity (Wildman–Crippen MR) is 121 cm³/mol. The number of benzene rings is 1. The number of hydrogen-bond donors (Lipinski definition) is 3. The van der Waals surface area contributed by atoms with Crippen LogP contribution in [0.2, 0.25) is 0 Å². The van der Waals surface area contributed by atoms with E-state index in [1.54, 1.807) is 6.20 Å². The van der Waals surface area contributed by atoms with E-state index in [0.29, 0.717) is 23.8 Å². The number of thiophene rings is 1. The number of rotatable bonds is 8. The van der Waals surface area contributed by atoms with Gasteiger partial charge >= 0.3 is 0 Å². The third-order valence-electron chi connectivity index (χ3n) is 4.53. The zero-order chi connectivity index (χ0) is 21.8. The minimum Gasteiger partial charge on any atom is -0.350 e. The predicted octanol–water partition coefficient (Wildman–Crippen LogP) is 5.51. The lowest BCUT2D eigenvalue weighted by atomic mass is 10.1. The molecule has 0 atom stereocenters. The second-order valence-corrected chi connectivity index (χ2v) is 7.80. The smallest absolute Gasteiger partial charge is 0.225 e. The highest BCUT2D eigenvalue weighted by Crippen LogP contribution is 2.28. The van der Waals surface area contributed by atoms with Gasteiger partial charge in [0, 0.05) is 29.9 Å². The van der Waals surface area contributed by atoms with Crippen LogP contribution in [-0.2, 0) is 13.0 Å². The lowest BCUT2D eigenvalue weighted by Crippen LogP contribution is -2.07. The van der Waals surface area contributed by atoms with E-state index in [4.69, 9.17) is 0 Å². The molecule has 0 fully saturated rings. The summed E-state index contributed by atoms with van der Waals surface area (Å²) in [5.41, 5.74) is 4.21. The minimum atomic E-state index is -0.883. The molecule has 0 unspecified atom stereocenters. The molecule has 1 aromatic carbocycles. The molecule has 31 heavy (non-hydrogen) atoms. The van der Waals surface area contributed by atoms with Crippen molar-refractivity contribution in [2.75, 3.05) is 10.6 Å². The van der Waals surface area contributed by atoms with Gasteiger partial charge in [-0.05, 0) is 42.1 Å². The highest BCUT2D eigenvalue weighted by Gasteiger charge is 2.11. The summed E-state index contributed by atoms with van der Waals surface area (Å²) < 4.78 is 27.5. The van der Waals surface area contributed by atoms with E-state index in [9.17, 15) is 8.78 Å². The van der Waals surface area contributed by atoms with Crippen LogP contribution in [0.25, 0.3) is 16.3 Å². The van der Waals surface area contributed by atoms with Crippen LogP contribution in [0.3, 0.4) is 0 Å². The van der Waals surface area contributed by atoms with Gasteiger partial charge in [0.15, 0.2) is 17.5 Å². The standard InChI is InChI=1S/C22H20F2N6S/c1-3-4-18-15(12-26-30-18)9-13(2)27-21-20-19(7-8-31-20)28-22(29-21)25-11-14-5-6-16(23)17(24)10-14/h3,5-10,12H,1,4,11H2,2H3,(H,26,30)(H2,25,27,28,29)/b13-9+. The zero-order valence-electron chi connectivity index (χ0n) is 16.7. The maximum Gasteiger partial charge on any atom is 0.225 e. The summed E-state index contributed by atoms with van der Waals surface area (Å²) in [6, 6.07) is 5.69. The van der Waals surface area contributed by atoms with E-state index in [0.717, 1.165) is 39.3 Å². The molecule has 158 valence electrons. The van der Waals surface area contributed by atoms with Crippen LogP contribution < -0.4 is 10.6 Å². The molecule has 0 saturated carbocycles. The number of H-pyrrole nitrogens is 1. The van der Waals surface area contributed by atoms with Crippen LogP contribution in [0, 0.1) is 11.6 Å². The van der Waals surface area contributed by atoms with Gasteiger partial charge in [0.1, 0.15) is 0 Å². The number of allylic oxidation sites excluding steroid dienone is 2. The van der Waals surface area contributed by atoms with Crippen LogP contribution >= 0.6 is 11.3 Å². The van der Waals surface area contributed by atoms with Crippen molar-refractivity contribution in [1.82, 2.24) is 20.2 Å². The third kappa shape index (κ3) is 4.77. The van der Waals surface area contributed by atoms with Crippen molar-refractivity contribution in [2.45, 2.75) is 19.9 Å². The van der Waals surface area contributed by atoms with Gasteiger partial charge in [-0.1, -0.05) is 12.1 Å². The second kappa shape index (κ2) is 9.05. The first-order chi connectivity index (χ1) is 15.0. The quantitative estimate of drug-likeness (QED) is 0.316. The molecule has 0 aliphatic rings. The summed E-state index contributed by atoms with van der Waals surface area (Å²) >= 11 is 1.54. The Morgan fingerprint density at radius 1 is 1.23 bits per heavy atom. The third-order valence-corrected chi connectivity index (χ3v) is 5.44. The number of aromatic amines is 1. The van der Waals surface area contributed by atoms with Crippen LogP contribution in [-0.4, -0.2) is 20.2 Å². The van der Waals surface area contributed by atoms with E-state index in [2.05, 4.69) is 37.4 Å². The van der Waals surface area contributed by atoms with Crippen LogP contribution in [0.1, 0.15) is 23.7 Å². The molecule has 0 aliphatic heterocycles. The van der Waals surface area contributed by atoms with Gasteiger partial charge < -0.3 is 10.6 Å². The van der Waals surface area contributed by atoms with Crippen LogP contribution in [0.4, 0.5) is 20.5 Å². The first kappa shape index (κ1) is 20.7. The number of halogens is 2. The molecule has 0 amide bonds. The van der Waals surface area contributed by atoms with Crippen molar-refractivity contribution < 1.29 is 8.78 Å². The summed E-state index contributed by atoms with van der Waals surface area (Å²) in [6.07, 6.45) is 6.26. The van der Waals surface area contributed by atoms with Gasteiger partial charge in [-0.2, -0.15) is 10.1 Å². The Labute approximate surface area is 181 Å². The molecule has 3 aromatic heterocycles. The molecule has 0 saturated heterocycles. The van der Waals surface area contributed by atoms with Crippen molar-refractivity contribution in [3.05, 3.63) is 82.6 Å². The average molecular weight is 439 g/mol. The highest BCUT2D eigenvalue weighted by molar-refractivity contribution is 7.17. The average Bonchev–Trinajstić information content (AvgIpc) is 3.39. The number of nitrogens with zero attached hydrogens (tertiary/aromatic N) is 3. The SMILES string of the molecule is C=CCc1[nH]ncc1/C=C(\C)Nc1nc(NCc2ccc(F)c(F)c2)nc2ccsc12. The lowest BCUT2D eigenvalue weighted by Gasteiger charge is -2.11. The molecular formula is C22H20F2N6S. The molecule has 4 rings (SSSR count). The number of nitrogens with one attached hydrogen (secondary N) is 3. The number of hydrogen-bond acceptors (Lipinski definition) is 6. The maximum atomic E-state index is 13.5. The van der Waals surface area contributed by atoms with E-state index >= 15 is 0 Å². The van der Waals surface area contributed by atoms with Crippen LogP contribution in [0.15, 0.2) is 54.2 Å². The van der Waals surface area contributed by atoms with Crippen molar-refractivity contribution in [3.8, 4) is 0 Å². The Balaban J connectivity index is 1.56. The fraction of sp³-hybridized carbons (Fsp3) is 0.136. The Morgan fingerprint density at radius 3 is 2.90 bits per heavy atom. The summed E-state index contributed by atoms with van der Waals surface area (Å²) in [5, 5.41) is 15.4. The fourth-order valence-electron chi connectivity index (χ4n) is 3.07. The number of aromatic nitrogens is 4. The lowest BCUT2D eigenvalue weighted by molar-refractivity contribution is 0.507. The Morgan fingerprint density at radius 2 is 2.10 bits per heavy atom. The first-order valence-electron chi connectivity index (χ1n) is 9.55. The van der Waals surface area contributed by atoms with Gasteiger partial charge in [-0.15, -0.1) is 17.9 Å². The Kier molecular flexibility index (Phi) is 6.03. The molecular weight excluding hydrogens is 418 g/mol. The van der Waals surface area contributed by atoms with Crippen molar-refractivity contribution in [1.29, 1.82) is 0 Å². The molecule has 0 radical (unpaired) electrons. The van der Waals surface area contributed by atoms with Gasteiger partial charge in [-0.3, -0.25) is 5.10 Å². The highest BCUT2D eigenvalue weighted by atomic mass is 32.1.